The highest BCUT2D eigenvalue weighted by Gasteiger charge is 2.15. The summed E-state index contributed by atoms with van der Waals surface area (Å²) in [5, 5.41) is 4.12. The molecule has 47 heavy (non-hydrogen) atoms. The first kappa shape index (κ1) is 26.9. The van der Waals surface area contributed by atoms with Gasteiger partial charge in [0.1, 0.15) is 11.2 Å². The van der Waals surface area contributed by atoms with Crippen LogP contribution in [0.1, 0.15) is 0 Å². The minimum absolute atomic E-state index is 0.603. The SMILES string of the molecule is c1ccc(-c2ccc(-c3ccc(-c4nc(-c5ccccc5)nc(-c5ccc6ccc7c8cnccc8oc7c6c5)n4)cc3)cc2)cc1. The van der Waals surface area contributed by atoms with E-state index in [1.807, 2.05) is 48.7 Å². The molecule has 3 heterocycles. The lowest BCUT2D eigenvalue weighted by atomic mass is 9.99. The average molecular weight is 603 g/mol. The highest BCUT2D eigenvalue weighted by atomic mass is 16.3. The van der Waals surface area contributed by atoms with Gasteiger partial charge in [-0.1, -0.05) is 127 Å². The maximum Gasteiger partial charge on any atom is 0.164 e. The van der Waals surface area contributed by atoms with E-state index in [2.05, 4.69) is 108 Å². The summed E-state index contributed by atoms with van der Waals surface area (Å²) in [7, 11) is 0. The molecule has 9 aromatic rings. The maximum absolute atomic E-state index is 6.33. The van der Waals surface area contributed by atoms with E-state index in [0.717, 1.165) is 60.5 Å². The van der Waals surface area contributed by atoms with Crippen LogP contribution in [0.4, 0.5) is 0 Å². The minimum atomic E-state index is 0.603. The van der Waals surface area contributed by atoms with Crippen LogP contribution in [-0.4, -0.2) is 19.9 Å². The van der Waals surface area contributed by atoms with Gasteiger partial charge in [0.05, 0.1) is 0 Å². The Labute approximate surface area is 270 Å². The first-order valence-corrected chi connectivity index (χ1v) is 15.5. The maximum atomic E-state index is 6.33. The van der Waals surface area contributed by atoms with Gasteiger partial charge in [-0.3, -0.25) is 4.98 Å². The molecule has 5 nitrogen and oxygen atoms in total. The van der Waals surface area contributed by atoms with E-state index in [4.69, 9.17) is 19.4 Å². The molecule has 0 radical (unpaired) electrons. The number of nitrogens with zero attached hydrogens (tertiary/aromatic N) is 4. The summed E-state index contributed by atoms with van der Waals surface area (Å²) < 4.78 is 6.33. The Hall–Kier alpha value is -6.46. The fourth-order valence-electron chi connectivity index (χ4n) is 6.18. The van der Waals surface area contributed by atoms with E-state index < -0.39 is 0 Å². The smallest absolute Gasteiger partial charge is 0.164 e. The van der Waals surface area contributed by atoms with Crippen molar-refractivity contribution >= 4 is 32.7 Å². The third kappa shape index (κ3) is 4.91. The number of aromatic nitrogens is 4. The van der Waals surface area contributed by atoms with Gasteiger partial charge in [-0.15, -0.1) is 0 Å². The van der Waals surface area contributed by atoms with Crippen LogP contribution in [0.15, 0.2) is 162 Å². The minimum Gasteiger partial charge on any atom is -0.455 e. The lowest BCUT2D eigenvalue weighted by molar-refractivity contribution is 0.672. The second-order valence-electron chi connectivity index (χ2n) is 11.5. The zero-order chi connectivity index (χ0) is 31.2. The molecule has 0 fully saturated rings. The third-order valence-corrected chi connectivity index (χ3v) is 8.65. The van der Waals surface area contributed by atoms with Gasteiger partial charge in [0.25, 0.3) is 0 Å². The van der Waals surface area contributed by atoms with Crippen LogP contribution in [0.25, 0.3) is 89.1 Å². The molecule has 9 rings (SSSR count). The van der Waals surface area contributed by atoms with Crippen molar-refractivity contribution in [1.29, 1.82) is 0 Å². The van der Waals surface area contributed by atoms with Gasteiger partial charge in [-0.25, -0.2) is 15.0 Å². The van der Waals surface area contributed by atoms with Crippen molar-refractivity contribution in [1.82, 2.24) is 19.9 Å². The zero-order valence-corrected chi connectivity index (χ0v) is 25.2. The van der Waals surface area contributed by atoms with Crippen LogP contribution in [0.3, 0.4) is 0 Å². The van der Waals surface area contributed by atoms with Crippen molar-refractivity contribution in [3.05, 3.63) is 158 Å². The van der Waals surface area contributed by atoms with Crippen molar-refractivity contribution in [2.75, 3.05) is 0 Å². The predicted molar refractivity (Wildman–Crippen MR) is 190 cm³/mol. The fraction of sp³-hybridized carbons (Fsp3) is 0. The molecule has 0 saturated carbocycles. The molecule has 0 N–H and O–H groups in total. The molecule has 0 unspecified atom stereocenters. The lowest BCUT2D eigenvalue weighted by Gasteiger charge is -2.10. The van der Waals surface area contributed by atoms with Gasteiger partial charge in [-0.05, 0) is 45.8 Å². The monoisotopic (exact) mass is 602 g/mol. The molecule has 6 aromatic carbocycles. The molecule has 0 aliphatic rings. The molecule has 0 spiro atoms. The summed E-state index contributed by atoms with van der Waals surface area (Å²) in [5.74, 6) is 1.85. The zero-order valence-electron chi connectivity index (χ0n) is 25.2. The van der Waals surface area contributed by atoms with Crippen LogP contribution < -0.4 is 0 Å². The summed E-state index contributed by atoms with van der Waals surface area (Å²) in [6, 6.07) is 50.0. The predicted octanol–water partition coefficient (Wildman–Crippen LogP) is 10.7. The van der Waals surface area contributed by atoms with Gasteiger partial charge >= 0.3 is 0 Å². The quantitative estimate of drug-likeness (QED) is 0.196. The number of benzene rings is 6. The van der Waals surface area contributed by atoms with Crippen molar-refractivity contribution < 1.29 is 4.42 Å². The molecule has 0 atom stereocenters. The number of fused-ring (bicyclic) bond motifs is 5. The Morgan fingerprint density at radius 2 is 0.872 bits per heavy atom. The van der Waals surface area contributed by atoms with E-state index in [-0.39, 0.29) is 0 Å². The average Bonchev–Trinajstić information content (AvgIpc) is 3.55. The van der Waals surface area contributed by atoms with Gasteiger partial charge in [0.2, 0.25) is 0 Å². The van der Waals surface area contributed by atoms with Gasteiger partial charge in [0.15, 0.2) is 17.5 Å². The van der Waals surface area contributed by atoms with Crippen LogP contribution in [-0.2, 0) is 0 Å². The number of hydrogen-bond acceptors (Lipinski definition) is 5. The molecule has 220 valence electrons. The van der Waals surface area contributed by atoms with Crippen molar-refractivity contribution in [3.8, 4) is 56.4 Å². The second-order valence-corrected chi connectivity index (χ2v) is 11.5. The molecule has 0 aliphatic heterocycles. The summed E-state index contributed by atoms with van der Waals surface area (Å²) in [4.78, 5) is 19.2. The Kier molecular flexibility index (Phi) is 6.39. The molecule has 3 aromatic heterocycles. The Morgan fingerprint density at radius 1 is 0.383 bits per heavy atom. The summed E-state index contributed by atoms with van der Waals surface area (Å²) >= 11 is 0. The number of hydrogen-bond donors (Lipinski definition) is 0. The van der Waals surface area contributed by atoms with E-state index in [1.165, 1.54) is 11.1 Å². The first-order valence-electron chi connectivity index (χ1n) is 15.5. The molecule has 0 amide bonds. The van der Waals surface area contributed by atoms with E-state index >= 15 is 0 Å². The lowest BCUT2D eigenvalue weighted by Crippen LogP contribution is -2.00. The molecule has 0 bridgehead atoms. The second kappa shape index (κ2) is 11.2. The van der Waals surface area contributed by atoms with E-state index in [1.54, 1.807) is 6.20 Å². The van der Waals surface area contributed by atoms with Crippen LogP contribution in [0.2, 0.25) is 0 Å². The fourth-order valence-corrected chi connectivity index (χ4v) is 6.18. The Bertz CT molecular complexity index is 2540. The summed E-state index contributed by atoms with van der Waals surface area (Å²) in [5.41, 5.74) is 9.08. The number of pyridine rings is 1. The largest absolute Gasteiger partial charge is 0.455 e. The van der Waals surface area contributed by atoms with Crippen LogP contribution in [0.5, 0.6) is 0 Å². The van der Waals surface area contributed by atoms with Gasteiger partial charge in [0, 0.05) is 45.2 Å². The van der Waals surface area contributed by atoms with Crippen molar-refractivity contribution in [2.45, 2.75) is 0 Å². The Morgan fingerprint density at radius 3 is 1.51 bits per heavy atom. The first-order chi connectivity index (χ1) is 23.3. The standard InChI is InChI=1S/C42H26N4O/c1-3-7-27(8-4-1)28-11-13-29(14-12-28)30-15-18-33(19-16-30)41-44-40(32-9-5-2-6-10-32)45-42(46-41)34-20-17-31-21-22-35-37-26-43-24-23-38(37)47-39(35)36(31)25-34/h1-26H. The summed E-state index contributed by atoms with van der Waals surface area (Å²) in [6.45, 7) is 0. The van der Waals surface area contributed by atoms with Gasteiger partial charge in [-0.2, -0.15) is 0 Å². The normalized spacial score (nSPS) is 11.4. The number of rotatable bonds is 5. The molecule has 0 aliphatic carbocycles. The summed E-state index contributed by atoms with van der Waals surface area (Å²) in [6.07, 6.45) is 3.61. The van der Waals surface area contributed by atoms with Crippen LogP contribution in [0, 0.1) is 0 Å². The van der Waals surface area contributed by atoms with Crippen LogP contribution >= 0.6 is 0 Å². The molecular weight excluding hydrogens is 576 g/mol. The topological polar surface area (TPSA) is 64.7 Å². The molecular formula is C42H26N4O. The van der Waals surface area contributed by atoms with Crippen molar-refractivity contribution in [2.24, 2.45) is 0 Å². The third-order valence-electron chi connectivity index (χ3n) is 8.65. The van der Waals surface area contributed by atoms with E-state index in [9.17, 15) is 0 Å². The highest BCUT2D eigenvalue weighted by Crippen LogP contribution is 2.36. The van der Waals surface area contributed by atoms with Gasteiger partial charge < -0.3 is 4.42 Å². The number of furan rings is 1. The molecule has 5 heteroatoms. The van der Waals surface area contributed by atoms with E-state index in [0.29, 0.717) is 17.5 Å². The molecule has 0 saturated heterocycles. The van der Waals surface area contributed by atoms with Crippen molar-refractivity contribution in [3.63, 3.8) is 0 Å². The highest BCUT2D eigenvalue weighted by molar-refractivity contribution is 6.15. The Balaban J connectivity index is 1.13.